The number of rotatable bonds is 9. The van der Waals surface area contributed by atoms with E-state index in [2.05, 4.69) is 19.2 Å². The normalized spacial score (nSPS) is 30.4. The zero-order valence-corrected chi connectivity index (χ0v) is 24.6. The van der Waals surface area contributed by atoms with Gasteiger partial charge in [-0.15, -0.1) is 0 Å². The summed E-state index contributed by atoms with van der Waals surface area (Å²) in [6.07, 6.45) is 5.23. The van der Waals surface area contributed by atoms with Crippen LogP contribution >= 0.6 is 0 Å². The summed E-state index contributed by atoms with van der Waals surface area (Å²) in [6.45, 7) is 8.63. The van der Waals surface area contributed by atoms with Gasteiger partial charge in [-0.3, -0.25) is 14.4 Å². The average molecular weight is 567 g/mol. The maximum Gasteiger partial charge on any atom is 0.247 e. The summed E-state index contributed by atoms with van der Waals surface area (Å²) >= 11 is 0. The number of fused-ring (bicyclic) bond motifs is 5. The van der Waals surface area contributed by atoms with Gasteiger partial charge in [-0.2, -0.15) is 0 Å². The van der Waals surface area contributed by atoms with Crippen LogP contribution < -0.4 is 14.8 Å². The predicted octanol–water partition coefficient (Wildman–Crippen LogP) is 3.00. The van der Waals surface area contributed by atoms with Crippen LogP contribution in [0.25, 0.3) is 0 Å². The summed E-state index contributed by atoms with van der Waals surface area (Å²) in [5, 5.41) is 24.0. The number of amides is 2. The third-order valence-electron chi connectivity index (χ3n) is 9.90. The van der Waals surface area contributed by atoms with Gasteiger partial charge in [-0.05, 0) is 74.5 Å². The Bertz CT molecular complexity index is 1280. The molecular formula is C32H42N2O7. The van der Waals surface area contributed by atoms with E-state index in [9.17, 15) is 24.6 Å². The SMILES string of the molecule is COc1cc(C=O)cc2c1O[C@@H]1[C@@H](O)[C@H](N(C[C@@H]3CC[C@H]4C[C@@H]3C4(C)C)C(=O)C=C(C)C)C=C(C(=O)NCCO)[C@H]21. The van der Waals surface area contributed by atoms with Crippen molar-refractivity contribution < 1.29 is 34.1 Å². The average Bonchev–Trinajstić information content (AvgIpc) is 3.34. The van der Waals surface area contributed by atoms with Gasteiger partial charge in [0.2, 0.25) is 11.8 Å². The first-order chi connectivity index (χ1) is 19.5. The van der Waals surface area contributed by atoms with Crippen molar-refractivity contribution in [2.45, 2.75) is 71.1 Å². The lowest BCUT2D eigenvalue weighted by atomic mass is 9.45. The smallest absolute Gasteiger partial charge is 0.247 e. The molecule has 0 spiro atoms. The molecule has 222 valence electrons. The molecule has 9 heteroatoms. The highest BCUT2D eigenvalue weighted by atomic mass is 16.5. The highest BCUT2D eigenvalue weighted by molar-refractivity contribution is 5.97. The molecule has 0 radical (unpaired) electrons. The standard InChI is InChI=1S/C32H42N2O7/c1-17(2)10-26(37)34(15-19-6-7-20-13-23(19)32(20,3)4)24-14-22(31(39)33-8-9-35)27-21-11-18(16-36)12-25(40-5)29(21)41-30(27)28(24)38/h10-12,14,16,19-20,23-24,27-28,30,35,38H,6-9,13,15H2,1-5H3,(H,33,39)/t19-,20-,23-,24+,27-,28-,30-/m0/s1. The van der Waals surface area contributed by atoms with E-state index in [4.69, 9.17) is 9.47 Å². The van der Waals surface area contributed by atoms with E-state index in [0.29, 0.717) is 52.9 Å². The summed E-state index contributed by atoms with van der Waals surface area (Å²) < 4.78 is 11.8. The summed E-state index contributed by atoms with van der Waals surface area (Å²) in [5.41, 5.74) is 2.31. The molecule has 5 aliphatic rings. The van der Waals surface area contributed by atoms with Crippen LogP contribution in [0, 0.1) is 23.2 Å². The molecule has 41 heavy (non-hydrogen) atoms. The van der Waals surface area contributed by atoms with E-state index in [1.54, 1.807) is 29.2 Å². The van der Waals surface area contributed by atoms with Gasteiger partial charge in [-0.25, -0.2) is 0 Å². The number of aliphatic hydroxyl groups excluding tert-OH is 2. The van der Waals surface area contributed by atoms with Gasteiger partial charge in [0.05, 0.1) is 25.7 Å². The van der Waals surface area contributed by atoms with Crippen LogP contribution in [-0.4, -0.2) is 78.3 Å². The van der Waals surface area contributed by atoms with Gasteiger partial charge >= 0.3 is 0 Å². The zero-order valence-electron chi connectivity index (χ0n) is 24.6. The van der Waals surface area contributed by atoms with Crippen molar-refractivity contribution in [3.63, 3.8) is 0 Å². The monoisotopic (exact) mass is 566 g/mol. The molecule has 3 fully saturated rings. The number of methoxy groups -OCH3 is 1. The predicted molar refractivity (Wildman–Crippen MR) is 153 cm³/mol. The Labute approximate surface area is 241 Å². The first-order valence-electron chi connectivity index (χ1n) is 14.6. The zero-order chi connectivity index (χ0) is 29.6. The van der Waals surface area contributed by atoms with E-state index in [1.807, 2.05) is 13.8 Å². The third kappa shape index (κ3) is 5.07. The van der Waals surface area contributed by atoms with Gasteiger partial charge in [-0.1, -0.05) is 19.4 Å². The van der Waals surface area contributed by atoms with Crippen LogP contribution in [0.5, 0.6) is 11.5 Å². The lowest BCUT2D eigenvalue weighted by Crippen LogP contribution is -2.59. The Morgan fingerprint density at radius 1 is 1.24 bits per heavy atom. The van der Waals surface area contributed by atoms with E-state index >= 15 is 0 Å². The van der Waals surface area contributed by atoms with Crippen LogP contribution in [0.2, 0.25) is 0 Å². The topological polar surface area (TPSA) is 125 Å². The minimum atomic E-state index is -1.15. The fourth-order valence-corrected chi connectivity index (χ4v) is 7.68. The fraction of sp³-hybridized carbons (Fsp3) is 0.594. The van der Waals surface area contributed by atoms with Crippen molar-refractivity contribution in [2.75, 3.05) is 26.8 Å². The Morgan fingerprint density at radius 3 is 2.61 bits per heavy atom. The first kappa shape index (κ1) is 29.3. The highest BCUT2D eigenvalue weighted by Gasteiger charge is 2.56. The largest absolute Gasteiger partial charge is 0.493 e. The second kappa shape index (κ2) is 11.2. The molecule has 2 amide bonds. The molecule has 1 heterocycles. The Hall–Kier alpha value is -3.17. The van der Waals surface area contributed by atoms with E-state index in [1.165, 1.54) is 7.11 Å². The molecule has 3 saturated carbocycles. The molecule has 4 aliphatic carbocycles. The van der Waals surface area contributed by atoms with Crippen molar-refractivity contribution in [3.05, 3.63) is 46.6 Å². The summed E-state index contributed by atoms with van der Waals surface area (Å²) in [7, 11) is 1.47. The number of aliphatic hydroxyl groups is 2. The van der Waals surface area contributed by atoms with Crippen molar-refractivity contribution >= 4 is 18.1 Å². The molecule has 1 aromatic carbocycles. The van der Waals surface area contributed by atoms with Gasteiger partial charge in [0.1, 0.15) is 18.5 Å². The molecule has 3 N–H and O–H groups in total. The number of allylic oxidation sites excluding steroid dienone is 1. The minimum absolute atomic E-state index is 0.0482. The fourth-order valence-electron chi connectivity index (χ4n) is 7.68. The van der Waals surface area contributed by atoms with Crippen molar-refractivity contribution in [1.29, 1.82) is 0 Å². The van der Waals surface area contributed by atoms with E-state index in [-0.39, 0.29) is 30.4 Å². The number of nitrogens with zero attached hydrogens (tertiary/aromatic N) is 1. The molecule has 1 aromatic rings. The Kier molecular flexibility index (Phi) is 8.05. The highest BCUT2D eigenvalue weighted by Crippen LogP contribution is 2.61. The number of carbonyl (C=O) groups excluding carboxylic acids is 3. The molecule has 0 saturated heterocycles. The van der Waals surface area contributed by atoms with Crippen LogP contribution in [0.1, 0.15) is 68.8 Å². The molecule has 6 rings (SSSR count). The minimum Gasteiger partial charge on any atom is -0.493 e. The lowest BCUT2D eigenvalue weighted by Gasteiger charge is -2.61. The molecule has 2 bridgehead atoms. The first-order valence-corrected chi connectivity index (χ1v) is 14.6. The van der Waals surface area contributed by atoms with Gasteiger partial charge in [0.25, 0.3) is 0 Å². The lowest BCUT2D eigenvalue weighted by molar-refractivity contribution is -0.142. The van der Waals surface area contributed by atoms with E-state index in [0.717, 1.165) is 24.8 Å². The Balaban J connectivity index is 1.57. The van der Waals surface area contributed by atoms with Crippen LogP contribution in [-0.2, 0) is 9.59 Å². The van der Waals surface area contributed by atoms with E-state index < -0.39 is 30.1 Å². The Morgan fingerprint density at radius 2 is 2.00 bits per heavy atom. The van der Waals surface area contributed by atoms with Crippen LogP contribution in [0.15, 0.2) is 35.4 Å². The second-order valence-electron chi connectivity index (χ2n) is 12.8. The molecule has 7 atom stereocenters. The van der Waals surface area contributed by atoms with Crippen LogP contribution in [0.3, 0.4) is 0 Å². The summed E-state index contributed by atoms with van der Waals surface area (Å²) in [4.78, 5) is 40.7. The third-order valence-corrected chi connectivity index (χ3v) is 9.90. The van der Waals surface area contributed by atoms with Gasteiger partial charge in [0, 0.05) is 35.9 Å². The number of ether oxygens (including phenoxy) is 2. The maximum atomic E-state index is 13.8. The van der Waals surface area contributed by atoms with Crippen molar-refractivity contribution in [3.8, 4) is 11.5 Å². The summed E-state index contributed by atoms with van der Waals surface area (Å²) in [5.74, 6) is 0.861. The number of carbonyl (C=O) groups is 3. The second-order valence-corrected chi connectivity index (χ2v) is 12.8. The van der Waals surface area contributed by atoms with Crippen molar-refractivity contribution in [1.82, 2.24) is 10.2 Å². The number of nitrogens with one attached hydrogen (secondary N) is 1. The van der Waals surface area contributed by atoms with Crippen molar-refractivity contribution in [2.24, 2.45) is 23.2 Å². The molecule has 1 aliphatic heterocycles. The number of hydrogen-bond acceptors (Lipinski definition) is 7. The van der Waals surface area contributed by atoms with Gasteiger partial charge in [0.15, 0.2) is 11.5 Å². The number of benzene rings is 1. The molecule has 9 nitrogen and oxygen atoms in total. The molecule has 0 aromatic heterocycles. The molecular weight excluding hydrogens is 524 g/mol. The molecule has 0 unspecified atom stereocenters. The number of hydrogen-bond donors (Lipinski definition) is 3. The van der Waals surface area contributed by atoms with Crippen LogP contribution in [0.4, 0.5) is 0 Å². The maximum absolute atomic E-state index is 13.8. The number of aldehydes is 1. The van der Waals surface area contributed by atoms with Gasteiger partial charge < -0.3 is 29.9 Å². The quantitative estimate of drug-likeness (QED) is 0.310. The summed E-state index contributed by atoms with van der Waals surface area (Å²) in [6, 6.07) is 2.39.